The Balaban J connectivity index is 2.81. The van der Waals surface area contributed by atoms with Crippen molar-refractivity contribution < 1.29 is 0 Å². The minimum atomic E-state index is 0.512. The Labute approximate surface area is 108 Å². The summed E-state index contributed by atoms with van der Waals surface area (Å²) in [6, 6.07) is 4.89. The van der Waals surface area contributed by atoms with Gasteiger partial charge in [0.25, 0.3) is 0 Å². The van der Waals surface area contributed by atoms with E-state index in [0.717, 1.165) is 5.92 Å². The summed E-state index contributed by atoms with van der Waals surface area (Å²) in [6.45, 7) is 11.0. The lowest BCUT2D eigenvalue weighted by molar-refractivity contribution is 0.539. The molecule has 0 spiro atoms. The van der Waals surface area contributed by atoms with E-state index in [9.17, 15) is 0 Å². The fourth-order valence-electron chi connectivity index (χ4n) is 2.11. The molecule has 1 rings (SSSR count). The third-order valence-corrected chi connectivity index (χ3v) is 3.27. The molecule has 1 aromatic rings. The van der Waals surface area contributed by atoms with Crippen LogP contribution in [0.25, 0.3) is 0 Å². The van der Waals surface area contributed by atoms with Gasteiger partial charge in [-0.2, -0.15) is 0 Å². The van der Waals surface area contributed by atoms with E-state index in [-0.39, 0.29) is 0 Å². The first kappa shape index (κ1) is 13.6. The molecule has 0 aliphatic heterocycles. The van der Waals surface area contributed by atoms with E-state index >= 15 is 0 Å². The molecule has 1 aromatic carbocycles. The van der Waals surface area contributed by atoms with E-state index in [1.54, 1.807) is 0 Å². The van der Waals surface area contributed by atoms with Crippen molar-refractivity contribution in [3.05, 3.63) is 27.7 Å². The van der Waals surface area contributed by atoms with Crippen LogP contribution in [0.3, 0.4) is 0 Å². The molecule has 90 valence electrons. The number of benzene rings is 1. The second kappa shape index (κ2) is 5.72. The predicted molar refractivity (Wildman–Crippen MR) is 76.2 cm³/mol. The second-order valence-corrected chi connectivity index (χ2v) is 5.97. The Morgan fingerprint density at radius 3 is 2.31 bits per heavy atom. The van der Waals surface area contributed by atoms with Crippen molar-refractivity contribution in [1.82, 2.24) is 0 Å². The summed E-state index contributed by atoms with van der Waals surface area (Å²) in [7, 11) is 0. The minimum Gasteiger partial charge on any atom is -0.381 e. The number of aryl methyl sites for hydroxylation is 2. The molecule has 0 aromatic heterocycles. The number of rotatable bonds is 4. The Kier molecular flexibility index (Phi) is 4.85. The summed E-state index contributed by atoms with van der Waals surface area (Å²) in [6.07, 6.45) is 1.19. The third-order valence-electron chi connectivity index (χ3n) is 2.65. The van der Waals surface area contributed by atoms with Gasteiger partial charge in [-0.25, -0.2) is 0 Å². The van der Waals surface area contributed by atoms with Crippen molar-refractivity contribution in [2.45, 2.75) is 47.1 Å². The Morgan fingerprint density at radius 2 is 1.81 bits per heavy atom. The van der Waals surface area contributed by atoms with Crippen molar-refractivity contribution in [3.8, 4) is 0 Å². The highest BCUT2D eigenvalue weighted by Gasteiger charge is 2.09. The molecule has 0 heterocycles. The first-order valence-electron chi connectivity index (χ1n) is 5.93. The lowest BCUT2D eigenvalue weighted by Gasteiger charge is -2.20. The van der Waals surface area contributed by atoms with E-state index in [4.69, 9.17) is 0 Å². The maximum Gasteiger partial charge on any atom is 0.0516 e. The van der Waals surface area contributed by atoms with Crippen LogP contribution in [0.2, 0.25) is 0 Å². The first-order valence-corrected chi connectivity index (χ1v) is 6.72. The summed E-state index contributed by atoms with van der Waals surface area (Å²) in [5, 5.41) is 3.59. The molecule has 0 saturated carbocycles. The van der Waals surface area contributed by atoms with E-state index < -0.39 is 0 Å². The summed E-state index contributed by atoms with van der Waals surface area (Å²) in [5.41, 5.74) is 3.84. The molecule has 0 fully saturated rings. The number of halogens is 1. The summed E-state index contributed by atoms with van der Waals surface area (Å²) >= 11 is 3.63. The highest BCUT2D eigenvalue weighted by Crippen LogP contribution is 2.29. The Hall–Kier alpha value is -0.500. The van der Waals surface area contributed by atoms with Crippen LogP contribution in [0.15, 0.2) is 16.6 Å². The molecule has 16 heavy (non-hydrogen) atoms. The molecule has 0 aliphatic carbocycles. The monoisotopic (exact) mass is 283 g/mol. The maximum atomic E-state index is 3.63. The van der Waals surface area contributed by atoms with Gasteiger partial charge in [0.1, 0.15) is 0 Å². The highest BCUT2D eigenvalue weighted by molar-refractivity contribution is 9.10. The molecule has 0 aliphatic rings. The molecule has 1 unspecified atom stereocenters. The smallest absolute Gasteiger partial charge is 0.0516 e. The number of nitrogens with one attached hydrogen (secondary N) is 1. The topological polar surface area (TPSA) is 12.0 Å². The van der Waals surface area contributed by atoms with E-state index in [1.165, 1.54) is 27.7 Å². The normalized spacial score (nSPS) is 12.9. The van der Waals surface area contributed by atoms with Gasteiger partial charge in [0, 0.05) is 10.5 Å². The molecule has 0 bridgehead atoms. The molecule has 1 nitrogen and oxygen atoms in total. The molecule has 1 N–H and O–H groups in total. The van der Waals surface area contributed by atoms with Crippen LogP contribution in [0.4, 0.5) is 5.69 Å². The van der Waals surface area contributed by atoms with Gasteiger partial charge in [-0.05, 0) is 66.2 Å². The van der Waals surface area contributed by atoms with Crippen LogP contribution < -0.4 is 5.32 Å². The average Bonchev–Trinajstić information content (AvgIpc) is 2.09. The van der Waals surface area contributed by atoms with E-state index in [0.29, 0.717) is 6.04 Å². The van der Waals surface area contributed by atoms with Crippen molar-refractivity contribution in [3.63, 3.8) is 0 Å². The zero-order valence-electron chi connectivity index (χ0n) is 10.9. The molecule has 0 radical (unpaired) electrons. The number of hydrogen-bond donors (Lipinski definition) is 1. The third kappa shape index (κ3) is 3.82. The van der Waals surface area contributed by atoms with Crippen LogP contribution in [0, 0.1) is 19.8 Å². The average molecular weight is 284 g/mol. The predicted octanol–water partition coefficient (Wildman–Crippen LogP) is 4.91. The maximum absolute atomic E-state index is 3.63. The van der Waals surface area contributed by atoms with Gasteiger partial charge in [0.15, 0.2) is 0 Å². The van der Waals surface area contributed by atoms with Crippen LogP contribution in [0.1, 0.15) is 38.3 Å². The van der Waals surface area contributed by atoms with Crippen molar-refractivity contribution in [2.24, 2.45) is 5.92 Å². The fourth-order valence-corrected chi connectivity index (χ4v) is 2.90. The summed E-state index contributed by atoms with van der Waals surface area (Å²) in [5.74, 6) is 0.729. The standard InChI is InChI=1S/C14H22BrN/c1-9(2)6-12(5)16-14-11(4)7-10(3)8-13(14)15/h7-9,12,16H,6H2,1-5H3. The van der Waals surface area contributed by atoms with Gasteiger partial charge in [0.2, 0.25) is 0 Å². The lowest BCUT2D eigenvalue weighted by atomic mass is 10.0. The zero-order valence-corrected chi connectivity index (χ0v) is 12.5. The minimum absolute atomic E-state index is 0.512. The molecule has 0 saturated heterocycles. The lowest BCUT2D eigenvalue weighted by Crippen LogP contribution is -2.18. The van der Waals surface area contributed by atoms with Gasteiger partial charge in [-0.15, -0.1) is 0 Å². The fraction of sp³-hybridized carbons (Fsp3) is 0.571. The Bertz CT molecular complexity index is 335. The number of anilines is 1. The van der Waals surface area contributed by atoms with Gasteiger partial charge in [0.05, 0.1) is 5.69 Å². The molecule has 0 amide bonds. The van der Waals surface area contributed by atoms with Crippen LogP contribution in [-0.2, 0) is 0 Å². The van der Waals surface area contributed by atoms with Gasteiger partial charge >= 0.3 is 0 Å². The molecule has 1 atom stereocenters. The van der Waals surface area contributed by atoms with E-state index in [2.05, 4.69) is 68.0 Å². The number of hydrogen-bond acceptors (Lipinski definition) is 1. The summed E-state index contributed by atoms with van der Waals surface area (Å²) < 4.78 is 1.17. The summed E-state index contributed by atoms with van der Waals surface area (Å²) in [4.78, 5) is 0. The van der Waals surface area contributed by atoms with Crippen LogP contribution >= 0.6 is 15.9 Å². The Morgan fingerprint density at radius 1 is 1.19 bits per heavy atom. The molecular weight excluding hydrogens is 262 g/mol. The van der Waals surface area contributed by atoms with E-state index in [1.807, 2.05) is 0 Å². The SMILES string of the molecule is Cc1cc(C)c(NC(C)CC(C)C)c(Br)c1. The van der Waals surface area contributed by atoms with Crippen molar-refractivity contribution >= 4 is 21.6 Å². The van der Waals surface area contributed by atoms with Gasteiger partial charge in [-0.1, -0.05) is 19.9 Å². The zero-order chi connectivity index (χ0) is 12.3. The second-order valence-electron chi connectivity index (χ2n) is 5.11. The molecule has 2 heteroatoms. The van der Waals surface area contributed by atoms with Crippen molar-refractivity contribution in [2.75, 3.05) is 5.32 Å². The van der Waals surface area contributed by atoms with Crippen LogP contribution in [0.5, 0.6) is 0 Å². The van der Waals surface area contributed by atoms with Gasteiger partial charge in [-0.3, -0.25) is 0 Å². The quantitative estimate of drug-likeness (QED) is 0.828. The van der Waals surface area contributed by atoms with Crippen LogP contribution in [-0.4, -0.2) is 6.04 Å². The largest absolute Gasteiger partial charge is 0.381 e. The first-order chi connectivity index (χ1) is 7.40. The molecular formula is C14H22BrN. The highest BCUT2D eigenvalue weighted by atomic mass is 79.9. The van der Waals surface area contributed by atoms with Crippen molar-refractivity contribution in [1.29, 1.82) is 0 Å². The van der Waals surface area contributed by atoms with Gasteiger partial charge < -0.3 is 5.32 Å².